The summed E-state index contributed by atoms with van der Waals surface area (Å²) in [6.45, 7) is -0.187. The summed E-state index contributed by atoms with van der Waals surface area (Å²) < 4.78 is 35.4. The second kappa shape index (κ2) is 8.72. The third-order valence-corrected chi connectivity index (χ3v) is 6.10. The Balaban J connectivity index is 1.53. The predicted octanol–water partition coefficient (Wildman–Crippen LogP) is 3.77. The summed E-state index contributed by atoms with van der Waals surface area (Å²) in [5, 5.41) is 7.89. The zero-order valence-corrected chi connectivity index (χ0v) is 19.0. The average molecular weight is 487 g/mol. The quantitative estimate of drug-likeness (QED) is 0.575. The van der Waals surface area contributed by atoms with Crippen LogP contribution in [-0.4, -0.2) is 34.2 Å². The van der Waals surface area contributed by atoms with Crippen LogP contribution in [0.15, 0.2) is 36.4 Å². The largest absolute Gasteiger partial charge is 0.488 e. The number of carbonyl (C=O) groups is 2. The molecule has 2 heterocycles. The molecule has 5 rings (SSSR count). The van der Waals surface area contributed by atoms with Crippen LogP contribution in [0.2, 0.25) is 5.02 Å². The summed E-state index contributed by atoms with van der Waals surface area (Å²) in [6.07, 6.45) is 1.34. The van der Waals surface area contributed by atoms with Gasteiger partial charge in [0.2, 0.25) is 11.8 Å². The van der Waals surface area contributed by atoms with E-state index >= 15 is 0 Å². The lowest BCUT2D eigenvalue weighted by atomic mass is 10.0. The van der Waals surface area contributed by atoms with E-state index in [0.717, 1.165) is 18.9 Å². The standard InChI is InChI=1S/C24H21ClF2N4O3/c1-30-23-16-10-14(25)5-8-19(16)34-12-17(23)24(29-30)31(11-20(32)28-15-6-7-15)21(33)9-13-3-2-4-18(26)22(13)27/h2-5,8,10,15H,6-7,9,11-12H2,1H3,(H,28,32). The van der Waals surface area contributed by atoms with Gasteiger partial charge < -0.3 is 10.1 Å². The molecule has 0 unspecified atom stereocenters. The van der Waals surface area contributed by atoms with Crippen molar-refractivity contribution in [1.82, 2.24) is 15.1 Å². The Morgan fingerprint density at radius 1 is 1.26 bits per heavy atom. The lowest BCUT2D eigenvalue weighted by Crippen LogP contribution is -2.43. The summed E-state index contributed by atoms with van der Waals surface area (Å²) in [6, 6.07) is 8.98. The number of rotatable bonds is 6. The van der Waals surface area contributed by atoms with Gasteiger partial charge in [-0.1, -0.05) is 23.7 Å². The molecule has 1 saturated carbocycles. The van der Waals surface area contributed by atoms with Gasteiger partial charge in [-0.2, -0.15) is 5.10 Å². The minimum atomic E-state index is -1.09. The first-order valence-corrected chi connectivity index (χ1v) is 11.2. The SMILES string of the molecule is Cn1nc(N(CC(=O)NC2CC2)C(=O)Cc2cccc(F)c2F)c2c1-c1cc(Cl)ccc1OC2. The Bertz CT molecular complexity index is 1310. The predicted molar refractivity (Wildman–Crippen MR) is 122 cm³/mol. The number of aryl methyl sites for hydroxylation is 1. The number of nitrogens with one attached hydrogen (secondary N) is 1. The van der Waals surface area contributed by atoms with Crippen molar-refractivity contribution in [3.05, 3.63) is 64.2 Å². The highest BCUT2D eigenvalue weighted by atomic mass is 35.5. The first kappa shape index (κ1) is 22.3. The Labute approximate surface area is 199 Å². The molecule has 0 bridgehead atoms. The summed E-state index contributed by atoms with van der Waals surface area (Å²) >= 11 is 6.19. The van der Waals surface area contributed by atoms with Gasteiger partial charge in [-0.15, -0.1) is 0 Å². The molecule has 10 heteroatoms. The van der Waals surface area contributed by atoms with Gasteiger partial charge in [0.25, 0.3) is 0 Å². The molecular formula is C24H21ClF2N4O3. The van der Waals surface area contributed by atoms with E-state index in [1.807, 2.05) is 0 Å². The van der Waals surface area contributed by atoms with Crippen molar-refractivity contribution in [1.29, 1.82) is 0 Å². The van der Waals surface area contributed by atoms with Gasteiger partial charge in [0.1, 0.15) is 18.9 Å². The monoisotopic (exact) mass is 486 g/mol. The minimum Gasteiger partial charge on any atom is -0.488 e. The number of hydrogen-bond acceptors (Lipinski definition) is 4. The molecule has 176 valence electrons. The molecule has 1 aromatic heterocycles. The number of fused-ring (bicyclic) bond motifs is 3. The highest BCUT2D eigenvalue weighted by Gasteiger charge is 2.33. The normalized spacial score (nSPS) is 14.1. The van der Waals surface area contributed by atoms with Crippen LogP contribution in [-0.2, 0) is 29.7 Å². The highest BCUT2D eigenvalue weighted by molar-refractivity contribution is 6.31. The Morgan fingerprint density at radius 2 is 2.06 bits per heavy atom. The third kappa shape index (κ3) is 4.23. The molecule has 1 N–H and O–H groups in total. The van der Waals surface area contributed by atoms with Crippen LogP contribution in [0.1, 0.15) is 24.0 Å². The number of anilines is 1. The maximum atomic E-state index is 14.3. The van der Waals surface area contributed by atoms with Crippen LogP contribution in [0.25, 0.3) is 11.3 Å². The molecule has 1 aliphatic heterocycles. The smallest absolute Gasteiger partial charge is 0.240 e. The van der Waals surface area contributed by atoms with Gasteiger partial charge in [-0.25, -0.2) is 8.78 Å². The van der Waals surface area contributed by atoms with Gasteiger partial charge in [0.15, 0.2) is 17.5 Å². The average Bonchev–Trinajstić information content (AvgIpc) is 3.55. The molecule has 34 heavy (non-hydrogen) atoms. The molecule has 7 nitrogen and oxygen atoms in total. The molecule has 0 radical (unpaired) electrons. The van der Waals surface area contributed by atoms with E-state index in [1.54, 1.807) is 29.9 Å². The van der Waals surface area contributed by atoms with Crippen molar-refractivity contribution in [3.63, 3.8) is 0 Å². The van der Waals surface area contributed by atoms with Crippen molar-refractivity contribution in [2.75, 3.05) is 11.4 Å². The number of benzene rings is 2. The minimum absolute atomic E-state index is 0.0973. The number of ether oxygens (including phenoxy) is 1. The fourth-order valence-electron chi connectivity index (χ4n) is 4.07. The molecule has 0 spiro atoms. The van der Waals surface area contributed by atoms with Crippen LogP contribution in [0.4, 0.5) is 14.6 Å². The van der Waals surface area contributed by atoms with Crippen molar-refractivity contribution >= 4 is 29.2 Å². The van der Waals surface area contributed by atoms with E-state index < -0.39 is 24.0 Å². The molecule has 0 atom stereocenters. The number of nitrogens with zero attached hydrogens (tertiary/aromatic N) is 3. The zero-order chi connectivity index (χ0) is 24.0. The van der Waals surface area contributed by atoms with E-state index in [4.69, 9.17) is 16.3 Å². The van der Waals surface area contributed by atoms with E-state index in [1.165, 1.54) is 17.0 Å². The van der Waals surface area contributed by atoms with Gasteiger partial charge in [0.05, 0.1) is 17.7 Å². The summed E-state index contributed by atoms with van der Waals surface area (Å²) in [7, 11) is 1.72. The van der Waals surface area contributed by atoms with Crippen molar-refractivity contribution in [3.8, 4) is 17.0 Å². The lowest BCUT2D eigenvalue weighted by Gasteiger charge is -2.24. The summed E-state index contributed by atoms with van der Waals surface area (Å²) in [5.74, 6) is -2.22. The van der Waals surface area contributed by atoms with Crippen LogP contribution < -0.4 is 15.0 Å². The van der Waals surface area contributed by atoms with Gasteiger partial charge in [-0.05, 0) is 37.1 Å². The molecule has 2 aliphatic rings. The molecule has 0 saturated heterocycles. The number of carbonyl (C=O) groups excluding carboxylic acids is 2. The second-order valence-electron chi connectivity index (χ2n) is 8.41. The number of hydrogen-bond donors (Lipinski definition) is 1. The highest BCUT2D eigenvalue weighted by Crippen LogP contribution is 2.42. The molecule has 3 aromatic rings. The van der Waals surface area contributed by atoms with Crippen LogP contribution in [0.5, 0.6) is 5.75 Å². The van der Waals surface area contributed by atoms with Gasteiger partial charge >= 0.3 is 0 Å². The van der Waals surface area contributed by atoms with Crippen molar-refractivity contribution < 1.29 is 23.1 Å². The molecule has 1 fully saturated rings. The van der Waals surface area contributed by atoms with Gasteiger partial charge in [0, 0.05) is 29.2 Å². The van der Waals surface area contributed by atoms with Crippen LogP contribution in [0.3, 0.4) is 0 Å². The number of halogens is 3. The topological polar surface area (TPSA) is 76.5 Å². The molecular weight excluding hydrogens is 466 g/mol. The number of aromatic nitrogens is 2. The fourth-order valence-corrected chi connectivity index (χ4v) is 4.24. The summed E-state index contributed by atoms with van der Waals surface area (Å²) in [4.78, 5) is 27.2. The summed E-state index contributed by atoms with van der Waals surface area (Å²) in [5.41, 5.74) is 1.91. The van der Waals surface area contributed by atoms with Crippen LogP contribution >= 0.6 is 11.6 Å². The number of amides is 2. The van der Waals surface area contributed by atoms with E-state index in [0.29, 0.717) is 27.6 Å². The Morgan fingerprint density at radius 3 is 2.82 bits per heavy atom. The first-order chi connectivity index (χ1) is 16.3. The zero-order valence-electron chi connectivity index (χ0n) is 18.3. The van der Waals surface area contributed by atoms with Crippen molar-refractivity contribution in [2.45, 2.75) is 31.9 Å². The fraction of sp³-hybridized carbons (Fsp3) is 0.292. The maximum Gasteiger partial charge on any atom is 0.240 e. The molecule has 2 aromatic carbocycles. The second-order valence-corrected chi connectivity index (χ2v) is 8.85. The van der Waals surface area contributed by atoms with E-state index in [2.05, 4.69) is 10.4 Å². The Hall–Kier alpha value is -3.46. The third-order valence-electron chi connectivity index (χ3n) is 5.87. The first-order valence-electron chi connectivity index (χ1n) is 10.8. The van der Waals surface area contributed by atoms with Crippen LogP contribution in [0, 0.1) is 11.6 Å². The van der Waals surface area contributed by atoms with E-state index in [-0.39, 0.29) is 36.5 Å². The van der Waals surface area contributed by atoms with E-state index in [9.17, 15) is 18.4 Å². The maximum absolute atomic E-state index is 14.3. The Kier molecular flexibility index (Phi) is 5.73. The lowest BCUT2D eigenvalue weighted by molar-refractivity contribution is -0.123. The molecule has 1 aliphatic carbocycles. The van der Waals surface area contributed by atoms with Crippen molar-refractivity contribution in [2.24, 2.45) is 7.05 Å². The van der Waals surface area contributed by atoms with Gasteiger partial charge in [-0.3, -0.25) is 19.2 Å². The molecule has 2 amide bonds.